The number of phenols is 1. The van der Waals surface area contributed by atoms with Crippen LogP contribution in [0.1, 0.15) is 12.5 Å². The zero-order valence-corrected chi connectivity index (χ0v) is 11.6. The average Bonchev–Trinajstić information content (AvgIpc) is 2.46. The van der Waals surface area contributed by atoms with Gasteiger partial charge in [0.15, 0.2) is 0 Å². The lowest BCUT2D eigenvalue weighted by Crippen LogP contribution is -2.19. The molecule has 0 bridgehead atoms. The quantitative estimate of drug-likeness (QED) is 0.668. The van der Waals surface area contributed by atoms with Crippen LogP contribution in [0.15, 0.2) is 64.6 Å². The molecule has 6 heteroatoms. The van der Waals surface area contributed by atoms with Gasteiger partial charge in [-0.15, -0.1) is 0 Å². The second-order valence-electron chi connectivity index (χ2n) is 4.15. The number of aromatic hydroxyl groups is 1. The molecule has 20 heavy (non-hydrogen) atoms. The number of hydrogen-bond acceptors (Lipinski definition) is 4. The Morgan fingerprint density at radius 3 is 2.25 bits per heavy atom. The van der Waals surface area contributed by atoms with Crippen molar-refractivity contribution in [3.05, 3.63) is 60.2 Å². The van der Waals surface area contributed by atoms with Gasteiger partial charge in [-0.05, 0) is 48.9 Å². The normalized spacial score (nSPS) is 12.2. The third-order valence-corrected chi connectivity index (χ3v) is 3.90. The van der Waals surface area contributed by atoms with Gasteiger partial charge < -0.3 is 5.11 Å². The van der Waals surface area contributed by atoms with Gasteiger partial charge in [0.1, 0.15) is 5.75 Å². The van der Waals surface area contributed by atoms with Crippen molar-refractivity contribution in [3.8, 4) is 5.75 Å². The Morgan fingerprint density at radius 1 is 1.05 bits per heavy atom. The van der Waals surface area contributed by atoms with Gasteiger partial charge in [-0.1, -0.05) is 18.2 Å². The number of rotatable bonds is 4. The van der Waals surface area contributed by atoms with E-state index in [-0.39, 0.29) is 10.6 Å². The maximum Gasteiger partial charge on any atom is 0.276 e. The smallest absolute Gasteiger partial charge is 0.276 e. The van der Waals surface area contributed by atoms with Crippen molar-refractivity contribution in [1.29, 1.82) is 0 Å². The predicted molar refractivity (Wildman–Crippen MR) is 77.1 cm³/mol. The first-order valence-corrected chi connectivity index (χ1v) is 7.38. The molecule has 0 saturated heterocycles. The second-order valence-corrected chi connectivity index (χ2v) is 5.81. The lowest BCUT2D eigenvalue weighted by Gasteiger charge is -2.05. The molecule has 2 N–H and O–H groups in total. The first-order valence-electron chi connectivity index (χ1n) is 5.89. The van der Waals surface area contributed by atoms with Crippen LogP contribution in [0.4, 0.5) is 0 Å². The molecule has 0 aliphatic carbocycles. The number of hydrazone groups is 1. The van der Waals surface area contributed by atoms with Crippen LogP contribution < -0.4 is 4.83 Å². The summed E-state index contributed by atoms with van der Waals surface area (Å²) in [7, 11) is -3.66. The molecule has 0 fully saturated rings. The van der Waals surface area contributed by atoms with E-state index in [1.54, 1.807) is 37.3 Å². The third-order valence-electron chi connectivity index (χ3n) is 2.67. The van der Waals surface area contributed by atoms with Crippen LogP contribution in [0.2, 0.25) is 0 Å². The lowest BCUT2D eigenvalue weighted by atomic mass is 10.1. The van der Waals surface area contributed by atoms with E-state index in [2.05, 4.69) is 9.93 Å². The summed E-state index contributed by atoms with van der Waals surface area (Å²) in [5.74, 6) is 0.145. The van der Waals surface area contributed by atoms with E-state index in [9.17, 15) is 13.5 Å². The highest BCUT2D eigenvalue weighted by Crippen LogP contribution is 2.11. The van der Waals surface area contributed by atoms with Gasteiger partial charge in [-0.3, -0.25) is 0 Å². The standard InChI is InChI=1S/C14H14N2O3S/c1-11(12-7-9-13(17)10-8-12)15-16-20(18,19)14-5-3-2-4-6-14/h2-10,16-17H,1H3. The van der Waals surface area contributed by atoms with Crippen LogP contribution in [0, 0.1) is 0 Å². The van der Waals surface area contributed by atoms with Crippen molar-refractivity contribution < 1.29 is 13.5 Å². The van der Waals surface area contributed by atoms with E-state index in [1.807, 2.05) is 0 Å². The molecule has 0 saturated carbocycles. The molecule has 104 valence electrons. The van der Waals surface area contributed by atoms with Gasteiger partial charge in [0.25, 0.3) is 10.0 Å². The summed E-state index contributed by atoms with van der Waals surface area (Å²) >= 11 is 0. The fourth-order valence-electron chi connectivity index (χ4n) is 1.55. The molecule has 0 radical (unpaired) electrons. The van der Waals surface area contributed by atoms with E-state index in [1.165, 1.54) is 24.3 Å². The van der Waals surface area contributed by atoms with Gasteiger partial charge >= 0.3 is 0 Å². The zero-order valence-electron chi connectivity index (χ0n) is 10.8. The minimum absolute atomic E-state index is 0.145. The fraction of sp³-hybridized carbons (Fsp3) is 0.0714. The summed E-state index contributed by atoms with van der Waals surface area (Å²) in [5, 5.41) is 13.1. The molecule has 2 rings (SSSR count). The average molecular weight is 290 g/mol. The van der Waals surface area contributed by atoms with Crippen LogP contribution >= 0.6 is 0 Å². The van der Waals surface area contributed by atoms with Gasteiger partial charge in [-0.25, -0.2) is 0 Å². The van der Waals surface area contributed by atoms with Gasteiger partial charge in [0.2, 0.25) is 0 Å². The van der Waals surface area contributed by atoms with E-state index < -0.39 is 10.0 Å². The number of nitrogens with zero attached hydrogens (tertiary/aromatic N) is 1. The number of hydrogen-bond donors (Lipinski definition) is 2. The Morgan fingerprint density at radius 2 is 1.65 bits per heavy atom. The minimum Gasteiger partial charge on any atom is -0.508 e. The molecule has 0 spiro atoms. The maximum atomic E-state index is 12.0. The Bertz CT molecular complexity index is 708. The molecule has 2 aromatic rings. The predicted octanol–water partition coefficient (Wildman–Crippen LogP) is 2.09. The largest absolute Gasteiger partial charge is 0.508 e. The molecule has 0 atom stereocenters. The molecule has 0 aliphatic rings. The van der Waals surface area contributed by atoms with Crippen molar-refractivity contribution in [2.24, 2.45) is 5.10 Å². The highest BCUT2D eigenvalue weighted by atomic mass is 32.2. The van der Waals surface area contributed by atoms with E-state index in [0.29, 0.717) is 5.71 Å². The fourth-order valence-corrected chi connectivity index (χ4v) is 2.43. The van der Waals surface area contributed by atoms with Crippen molar-refractivity contribution in [1.82, 2.24) is 4.83 Å². The monoisotopic (exact) mass is 290 g/mol. The Balaban J connectivity index is 2.18. The van der Waals surface area contributed by atoms with E-state index >= 15 is 0 Å². The van der Waals surface area contributed by atoms with Crippen LogP contribution in [0.25, 0.3) is 0 Å². The Hall–Kier alpha value is -2.34. The maximum absolute atomic E-state index is 12.0. The molecular formula is C14H14N2O3S. The summed E-state index contributed by atoms with van der Waals surface area (Å²) in [5.41, 5.74) is 1.23. The lowest BCUT2D eigenvalue weighted by molar-refractivity contribution is 0.475. The zero-order chi connectivity index (χ0) is 14.6. The van der Waals surface area contributed by atoms with Crippen LogP contribution in [-0.2, 0) is 10.0 Å². The molecule has 0 aliphatic heterocycles. The number of nitrogens with one attached hydrogen (secondary N) is 1. The Labute approximate surface area is 117 Å². The van der Waals surface area contributed by atoms with E-state index in [0.717, 1.165) is 5.56 Å². The summed E-state index contributed by atoms with van der Waals surface area (Å²) in [6, 6.07) is 14.4. The first-order chi connectivity index (χ1) is 9.49. The first kappa shape index (κ1) is 14.1. The van der Waals surface area contributed by atoms with Crippen LogP contribution in [0.5, 0.6) is 5.75 Å². The topological polar surface area (TPSA) is 78.8 Å². The molecule has 0 amide bonds. The molecule has 0 unspecified atom stereocenters. The molecule has 2 aromatic carbocycles. The molecule has 0 aromatic heterocycles. The van der Waals surface area contributed by atoms with Gasteiger partial charge in [-0.2, -0.15) is 18.4 Å². The summed E-state index contributed by atoms with van der Waals surface area (Å²) in [6.07, 6.45) is 0. The van der Waals surface area contributed by atoms with Crippen molar-refractivity contribution in [3.63, 3.8) is 0 Å². The van der Waals surface area contributed by atoms with Crippen molar-refractivity contribution in [2.45, 2.75) is 11.8 Å². The molecular weight excluding hydrogens is 276 g/mol. The number of sulfonamides is 1. The van der Waals surface area contributed by atoms with Crippen LogP contribution in [0.3, 0.4) is 0 Å². The summed E-state index contributed by atoms with van der Waals surface area (Å²) < 4.78 is 23.9. The highest BCUT2D eigenvalue weighted by Gasteiger charge is 2.11. The van der Waals surface area contributed by atoms with E-state index in [4.69, 9.17) is 0 Å². The van der Waals surface area contributed by atoms with Crippen LogP contribution in [-0.4, -0.2) is 19.2 Å². The highest BCUT2D eigenvalue weighted by molar-refractivity contribution is 7.89. The third kappa shape index (κ3) is 3.36. The molecule has 0 heterocycles. The Kier molecular flexibility index (Phi) is 4.05. The SMILES string of the molecule is CC(=NNS(=O)(=O)c1ccccc1)c1ccc(O)cc1. The summed E-state index contributed by atoms with van der Waals surface area (Å²) in [6.45, 7) is 1.68. The van der Waals surface area contributed by atoms with Crippen molar-refractivity contribution in [2.75, 3.05) is 0 Å². The minimum atomic E-state index is -3.66. The second kappa shape index (κ2) is 5.75. The number of phenolic OH excluding ortho intramolecular Hbond substituents is 1. The van der Waals surface area contributed by atoms with Gasteiger partial charge in [0.05, 0.1) is 10.6 Å². The summed E-state index contributed by atoms with van der Waals surface area (Å²) in [4.78, 5) is 2.34. The van der Waals surface area contributed by atoms with Gasteiger partial charge in [0, 0.05) is 0 Å². The molecule has 5 nitrogen and oxygen atoms in total. The van der Waals surface area contributed by atoms with Crippen molar-refractivity contribution >= 4 is 15.7 Å². The number of benzene rings is 2.